The molecule has 0 saturated heterocycles. The average molecular weight is 258 g/mol. The van der Waals surface area contributed by atoms with Gasteiger partial charge in [0.1, 0.15) is 5.75 Å². The third-order valence-electron chi connectivity index (χ3n) is 2.46. The van der Waals surface area contributed by atoms with Crippen LogP contribution in [0, 0.1) is 13.8 Å². The largest absolute Gasteiger partial charge is 0.507 e. The van der Waals surface area contributed by atoms with Crippen molar-refractivity contribution in [2.45, 2.75) is 20.3 Å². The zero-order valence-electron chi connectivity index (χ0n) is 8.82. The lowest BCUT2D eigenvalue weighted by Crippen LogP contribution is -2.12. The molecular weight excluding hydrogens is 242 g/mol. The van der Waals surface area contributed by atoms with Crippen LogP contribution in [0.3, 0.4) is 0 Å². The molecule has 0 aliphatic carbocycles. The number of hydrogen-bond acceptors (Lipinski definition) is 2. The Labute approximate surface area is 93.5 Å². The summed E-state index contributed by atoms with van der Waals surface area (Å²) in [5.41, 5.74) is 3.60. The summed E-state index contributed by atoms with van der Waals surface area (Å²) in [6.07, 6.45) is 0.993. The first-order chi connectivity index (χ1) is 6.57. The van der Waals surface area contributed by atoms with Crippen molar-refractivity contribution < 1.29 is 5.11 Å². The van der Waals surface area contributed by atoms with Crippen LogP contribution in [0.5, 0.6) is 5.75 Å². The van der Waals surface area contributed by atoms with Crippen LogP contribution >= 0.6 is 15.9 Å². The fraction of sp³-hybridized carbons (Fsp3) is 0.455. The summed E-state index contributed by atoms with van der Waals surface area (Å²) < 4.78 is 0.814. The lowest BCUT2D eigenvalue weighted by atomic mass is 9.99. The van der Waals surface area contributed by atoms with Crippen LogP contribution in [0.1, 0.15) is 16.7 Å². The van der Waals surface area contributed by atoms with Gasteiger partial charge >= 0.3 is 0 Å². The molecule has 2 N–H and O–H groups in total. The van der Waals surface area contributed by atoms with E-state index in [4.69, 9.17) is 0 Å². The van der Waals surface area contributed by atoms with Crippen LogP contribution in [0.25, 0.3) is 0 Å². The minimum atomic E-state index is 0.327. The molecule has 1 aromatic carbocycles. The lowest BCUT2D eigenvalue weighted by Gasteiger charge is -2.12. The van der Waals surface area contributed by atoms with Crippen LogP contribution in [-0.4, -0.2) is 18.7 Å². The number of phenolic OH excluding ortho intramolecular Hbond substituents is 1. The Hall–Kier alpha value is -0.540. The second kappa shape index (κ2) is 4.80. The highest BCUT2D eigenvalue weighted by molar-refractivity contribution is 9.10. The molecule has 0 aromatic heterocycles. The summed E-state index contributed by atoms with van der Waals surface area (Å²) in [5, 5.41) is 12.7. The predicted octanol–water partition coefficient (Wildman–Crippen LogP) is 2.53. The van der Waals surface area contributed by atoms with Crippen molar-refractivity contribution in [2.24, 2.45) is 0 Å². The molecule has 14 heavy (non-hydrogen) atoms. The Balaban J connectivity index is 3.09. The van der Waals surface area contributed by atoms with Crippen molar-refractivity contribution in [2.75, 3.05) is 13.6 Å². The van der Waals surface area contributed by atoms with E-state index in [0.29, 0.717) is 5.75 Å². The first-order valence-electron chi connectivity index (χ1n) is 4.70. The van der Waals surface area contributed by atoms with Gasteiger partial charge in [0.05, 0.1) is 4.47 Å². The molecule has 1 aromatic rings. The van der Waals surface area contributed by atoms with Gasteiger partial charge in [-0.3, -0.25) is 0 Å². The van der Waals surface area contributed by atoms with Crippen molar-refractivity contribution in [3.63, 3.8) is 0 Å². The molecule has 0 aliphatic rings. The van der Waals surface area contributed by atoms with Gasteiger partial charge < -0.3 is 10.4 Å². The van der Waals surface area contributed by atoms with E-state index in [1.54, 1.807) is 0 Å². The van der Waals surface area contributed by atoms with Crippen molar-refractivity contribution >= 4 is 15.9 Å². The van der Waals surface area contributed by atoms with Gasteiger partial charge in [-0.25, -0.2) is 0 Å². The number of rotatable bonds is 3. The summed E-state index contributed by atoms with van der Waals surface area (Å²) in [7, 11) is 1.94. The van der Waals surface area contributed by atoms with Gasteiger partial charge in [0.2, 0.25) is 0 Å². The molecule has 0 bridgehead atoms. The molecule has 0 spiro atoms. The topological polar surface area (TPSA) is 32.3 Å². The number of aryl methyl sites for hydroxylation is 1. The summed E-state index contributed by atoms with van der Waals surface area (Å²) >= 11 is 3.39. The summed E-state index contributed by atoms with van der Waals surface area (Å²) in [6.45, 7) is 5.02. The summed E-state index contributed by atoms with van der Waals surface area (Å²) in [5.74, 6) is 0.327. The number of hydrogen-bond donors (Lipinski definition) is 2. The molecule has 0 saturated carbocycles. The maximum atomic E-state index is 9.57. The zero-order valence-corrected chi connectivity index (χ0v) is 10.4. The van der Waals surface area contributed by atoms with Crippen molar-refractivity contribution in [1.82, 2.24) is 5.32 Å². The minimum Gasteiger partial charge on any atom is -0.507 e. The molecule has 0 unspecified atom stereocenters. The third kappa shape index (κ3) is 2.28. The van der Waals surface area contributed by atoms with Crippen LogP contribution in [0.15, 0.2) is 10.5 Å². The fourth-order valence-corrected chi connectivity index (χ4v) is 1.96. The molecule has 0 heterocycles. The number of benzene rings is 1. The van der Waals surface area contributed by atoms with Gasteiger partial charge in [0.25, 0.3) is 0 Å². The van der Waals surface area contributed by atoms with Crippen LogP contribution in [0.4, 0.5) is 0 Å². The highest BCUT2D eigenvalue weighted by Crippen LogP contribution is 2.32. The Kier molecular flexibility index (Phi) is 3.96. The van der Waals surface area contributed by atoms with Crippen LogP contribution < -0.4 is 5.32 Å². The van der Waals surface area contributed by atoms with Gasteiger partial charge in [-0.2, -0.15) is 0 Å². The minimum absolute atomic E-state index is 0.327. The smallest absolute Gasteiger partial charge is 0.130 e. The first-order valence-corrected chi connectivity index (χ1v) is 5.49. The second-order valence-electron chi connectivity index (χ2n) is 3.48. The Morgan fingerprint density at radius 1 is 1.43 bits per heavy atom. The maximum absolute atomic E-state index is 9.57. The number of phenols is 1. The van der Waals surface area contributed by atoms with Crippen molar-refractivity contribution in [3.8, 4) is 5.75 Å². The molecule has 0 aliphatic heterocycles. The van der Waals surface area contributed by atoms with Gasteiger partial charge in [0.15, 0.2) is 0 Å². The molecule has 3 heteroatoms. The number of aromatic hydroxyl groups is 1. The highest BCUT2D eigenvalue weighted by atomic mass is 79.9. The monoisotopic (exact) mass is 257 g/mol. The van der Waals surface area contributed by atoms with Crippen LogP contribution in [0.2, 0.25) is 0 Å². The second-order valence-corrected chi connectivity index (χ2v) is 4.28. The average Bonchev–Trinajstić information content (AvgIpc) is 2.14. The quantitative estimate of drug-likeness (QED) is 0.873. The SMILES string of the molecule is CNCCc1c(C)cc(O)c(Br)c1C. The molecule has 0 atom stereocenters. The maximum Gasteiger partial charge on any atom is 0.130 e. The van der Waals surface area contributed by atoms with E-state index in [1.807, 2.05) is 27.0 Å². The predicted molar refractivity (Wildman–Crippen MR) is 62.9 cm³/mol. The Morgan fingerprint density at radius 2 is 2.07 bits per heavy atom. The van der Waals surface area contributed by atoms with Gasteiger partial charge in [-0.1, -0.05) is 0 Å². The summed E-state index contributed by atoms with van der Waals surface area (Å²) in [6, 6.07) is 1.81. The summed E-state index contributed by atoms with van der Waals surface area (Å²) in [4.78, 5) is 0. The Morgan fingerprint density at radius 3 is 2.64 bits per heavy atom. The lowest BCUT2D eigenvalue weighted by molar-refractivity contribution is 0.470. The molecule has 0 amide bonds. The standard InChI is InChI=1S/C11H16BrNO/c1-7-6-10(14)11(12)8(2)9(7)4-5-13-3/h6,13-14H,4-5H2,1-3H3. The number of nitrogens with one attached hydrogen (secondary N) is 1. The molecule has 2 nitrogen and oxygen atoms in total. The van der Waals surface area contributed by atoms with Gasteiger partial charge in [-0.05, 0) is 72.5 Å². The molecular formula is C11H16BrNO. The van der Waals surface area contributed by atoms with Crippen LogP contribution in [-0.2, 0) is 6.42 Å². The first kappa shape index (κ1) is 11.5. The Bertz CT molecular complexity index is 337. The molecule has 0 fully saturated rings. The normalized spacial score (nSPS) is 10.6. The van der Waals surface area contributed by atoms with E-state index in [-0.39, 0.29) is 0 Å². The van der Waals surface area contributed by atoms with Crippen molar-refractivity contribution in [3.05, 3.63) is 27.2 Å². The number of halogens is 1. The van der Waals surface area contributed by atoms with Gasteiger partial charge in [-0.15, -0.1) is 0 Å². The highest BCUT2D eigenvalue weighted by Gasteiger charge is 2.09. The van der Waals surface area contributed by atoms with E-state index in [1.165, 1.54) is 5.56 Å². The van der Waals surface area contributed by atoms with E-state index >= 15 is 0 Å². The zero-order chi connectivity index (χ0) is 10.7. The molecule has 0 radical (unpaired) electrons. The molecule has 1 rings (SSSR count). The van der Waals surface area contributed by atoms with E-state index in [9.17, 15) is 5.11 Å². The van der Waals surface area contributed by atoms with E-state index in [2.05, 4.69) is 21.2 Å². The molecule has 78 valence electrons. The van der Waals surface area contributed by atoms with Gasteiger partial charge in [0, 0.05) is 0 Å². The van der Waals surface area contributed by atoms with E-state index in [0.717, 1.165) is 28.6 Å². The van der Waals surface area contributed by atoms with E-state index < -0.39 is 0 Å². The van der Waals surface area contributed by atoms with Crippen molar-refractivity contribution in [1.29, 1.82) is 0 Å². The fourth-order valence-electron chi connectivity index (χ4n) is 1.61. The third-order valence-corrected chi connectivity index (χ3v) is 3.46. The number of likely N-dealkylation sites (N-methyl/N-ethyl adjacent to an activating group) is 1.